The van der Waals surface area contributed by atoms with Gasteiger partial charge in [-0.3, -0.25) is 9.52 Å². The number of carbonyl (C=O) groups is 1. The van der Waals surface area contributed by atoms with Crippen LogP contribution in [0.25, 0.3) is 0 Å². The number of thioether (sulfide) groups is 1. The van der Waals surface area contributed by atoms with E-state index in [9.17, 15) is 13.2 Å². The van der Waals surface area contributed by atoms with Crippen molar-refractivity contribution in [1.29, 1.82) is 0 Å². The summed E-state index contributed by atoms with van der Waals surface area (Å²) in [5.41, 5.74) is 2.93. The lowest BCUT2D eigenvalue weighted by molar-refractivity contribution is -0.116. The standard InChI is InChI=1S/C18H20N2O3S2/c1-11-4-5-12(2)15(8-11)20-25(22,23)14-6-7-17-16(10-14)19-18(21)9-13(3)24-17/h4-8,10,13,20H,9H2,1-3H3,(H,19,21)/t13-/m1/s1. The molecule has 0 spiro atoms. The Morgan fingerprint density at radius 3 is 2.68 bits per heavy atom. The van der Waals surface area contributed by atoms with Crippen LogP contribution >= 0.6 is 11.8 Å². The number of nitrogens with one attached hydrogen (secondary N) is 2. The molecule has 2 N–H and O–H groups in total. The highest BCUT2D eigenvalue weighted by atomic mass is 32.2. The molecule has 2 aromatic carbocycles. The van der Waals surface area contributed by atoms with Crippen LogP contribution in [0.3, 0.4) is 0 Å². The van der Waals surface area contributed by atoms with Gasteiger partial charge in [0.1, 0.15) is 0 Å². The number of aryl methyl sites for hydroxylation is 2. The van der Waals surface area contributed by atoms with E-state index in [4.69, 9.17) is 0 Å². The van der Waals surface area contributed by atoms with Crippen molar-refractivity contribution in [2.45, 2.75) is 42.2 Å². The van der Waals surface area contributed by atoms with E-state index in [1.165, 1.54) is 6.07 Å². The van der Waals surface area contributed by atoms with Crippen LogP contribution in [-0.4, -0.2) is 19.6 Å². The molecule has 25 heavy (non-hydrogen) atoms. The highest BCUT2D eigenvalue weighted by Gasteiger charge is 2.22. The van der Waals surface area contributed by atoms with Crippen LogP contribution in [0, 0.1) is 13.8 Å². The van der Waals surface area contributed by atoms with Crippen LogP contribution in [0.4, 0.5) is 11.4 Å². The highest BCUT2D eigenvalue weighted by Crippen LogP contribution is 2.36. The lowest BCUT2D eigenvalue weighted by Gasteiger charge is -2.13. The molecule has 0 radical (unpaired) electrons. The molecule has 2 aromatic rings. The minimum Gasteiger partial charge on any atom is -0.325 e. The van der Waals surface area contributed by atoms with Crippen LogP contribution in [0.1, 0.15) is 24.5 Å². The Hall–Kier alpha value is -1.99. The molecule has 1 atom stereocenters. The molecule has 3 rings (SSSR count). The maximum absolute atomic E-state index is 12.8. The van der Waals surface area contributed by atoms with Gasteiger partial charge < -0.3 is 5.32 Å². The third-order valence-corrected chi connectivity index (χ3v) is 6.52. The van der Waals surface area contributed by atoms with Crippen LogP contribution in [0.2, 0.25) is 0 Å². The van der Waals surface area contributed by atoms with Crippen LogP contribution in [-0.2, 0) is 14.8 Å². The van der Waals surface area contributed by atoms with Gasteiger partial charge in [-0.2, -0.15) is 0 Å². The number of hydrogen-bond acceptors (Lipinski definition) is 4. The van der Waals surface area contributed by atoms with E-state index < -0.39 is 10.0 Å². The SMILES string of the molecule is Cc1ccc(C)c(NS(=O)(=O)c2ccc3c(c2)NC(=O)C[C@@H](C)S3)c1. The van der Waals surface area contributed by atoms with Crippen molar-refractivity contribution < 1.29 is 13.2 Å². The van der Waals surface area contributed by atoms with Crippen molar-refractivity contribution in [3.8, 4) is 0 Å². The maximum atomic E-state index is 12.8. The largest absolute Gasteiger partial charge is 0.325 e. The van der Waals surface area contributed by atoms with Gasteiger partial charge in [-0.05, 0) is 49.2 Å². The lowest BCUT2D eigenvalue weighted by Crippen LogP contribution is -2.15. The minimum atomic E-state index is -3.74. The molecule has 1 heterocycles. The summed E-state index contributed by atoms with van der Waals surface area (Å²) in [6.07, 6.45) is 0.405. The van der Waals surface area contributed by atoms with E-state index in [1.807, 2.05) is 32.9 Å². The van der Waals surface area contributed by atoms with Crippen LogP contribution in [0.5, 0.6) is 0 Å². The van der Waals surface area contributed by atoms with Gasteiger partial charge in [0.2, 0.25) is 5.91 Å². The van der Waals surface area contributed by atoms with Crippen molar-refractivity contribution in [2.75, 3.05) is 10.0 Å². The number of sulfonamides is 1. The van der Waals surface area contributed by atoms with Crippen molar-refractivity contribution >= 4 is 39.1 Å². The number of amides is 1. The van der Waals surface area contributed by atoms with Crippen molar-refractivity contribution in [3.63, 3.8) is 0 Å². The zero-order chi connectivity index (χ0) is 18.2. The molecule has 0 aliphatic carbocycles. The molecule has 1 amide bonds. The second-order valence-electron chi connectivity index (χ2n) is 6.26. The zero-order valence-electron chi connectivity index (χ0n) is 14.3. The first kappa shape index (κ1) is 17.8. The summed E-state index contributed by atoms with van der Waals surface area (Å²) in [6, 6.07) is 10.5. The van der Waals surface area contributed by atoms with Gasteiger partial charge in [-0.25, -0.2) is 8.42 Å². The number of fused-ring (bicyclic) bond motifs is 1. The highest BCUT2D eigenvalue weighted by molar-refractivity contribution is 8.00. The molecule has 0 fully saturated rings. The monoisotopic (exact) mass is 376 g/mol. The molecule has 1 aliphatic heterocycles. The summed E-state index contributed by atoms with van der Waals surface area (Å²) in [5, 5.41) is 2.95. The molecule has 0 unspecified atom stereocenters. The molecule has 5 nitrogen and oxygen atoms in total. The fourth-order valence-corrected chi connectivity index (χ4v) is 4.85. The number of hydrogen-bond donors (Lipinski definition) is 2. The maximum Gasteiger partial charge on any atom is 0.261 e. The summed E-state index contributed by atoms with van der Waals surface area (Å²) in [4.78, 5) is 12.9. The van der Waals surface area contributed by atoms with Gasteiger partial charge in [0.25, 0.3) is 10.0 Å². The third kappa shape index (κ3) is 3.99. The van der Waals surface area contributed by atoms with E-state index in [0.717, 1.165) is 16.0 Å². The average molecular weight is 377 g/mol. The number of rotatable bonds is 3. The van der Waals surface area contributed by atoms with E-state index >= 15 is 0 Å². The number of benzene rings is 2. The summed E-state index contributed by atoms with van der Waals surface area (Å²) in [6.45, 7) is 5.74. The Bertz CT molecular complexity index is 939. The molecular weight excluding hydrogens is 356 g/mol. The van der Waals surface area contributed by atoms with Gasteiger partial charge in [0, 0.05) is 16.6 Å². The van der Waals surface area contributed by atoms with Gasteiger partial charge in [0.05, 0.1) is 16.3 Å². The number of carbonyl (C=O) groups excluding carboxylic acids is 1. The first-order valence-electron chi connectivity index (χ1n) is 7.95. The molecule has 1 aliphatic rings. The van der Waals surface area contributed by atoms with E-state index in [-0.39, 0.29) is 16.1 Å². The summed E-state index contributed by atoms with van der Waals surface area (Å²) in [7, 11) is -3.74. The molecule has 0 saturated carbocycles. The van der Waals surface area contributed by atoms with Crippen LogP contribution in [0.15, 0.2) is 46.2 Å². The molecule has 7 heteroatoms. The summed E-state index contributed by atoms with van der Waals surface area (Å²) >= 11 is 1.57. The molecule has 132 valence electrons. The number of anilines is 2. The second kappa shape index (κ2) is 6.72. The average Bonchev–Trinajstić information content (AvgIpc) is 2.66. The molecule has 0 aromatic heterocycles. The third-order valence-electron chi connectivity index (χ3n) is 3.97. The van der Waals surface area contributed by atoms with Crippen molar-refractivity contribution in [2.24, 2.45) is 0 Å². The van der Waals surface area contributed by atoms with E-state index in [0.29, 0.717) is 17.8 Å². The first-order valence-corrected chi connectivity index (χ1v) is 10.3. The van der Waals surface area contributed by atoms with Gasteiger partial charge in [-0.15, -0.1) is 11.8 Å². The Kier molecular flexibility index (Phi) is 4.79. The fraction of sp³-hybridized carbons (Fsp3) is 0.278. The molecule has 0 saturated heterocycles. The summed E-state index contributed by atoms with van der Waals surface area (Å²) in [5.74, 6) is -0.101. The normalized spacial score (nSPS) is 17.4. The van der Waals surface area contributed by atoms with E-state index in [2.05, 4.69) is 10.0 Å². The van der Waals surface area contributed by atoms with Gasteiger partial charge in [-0.1, -0.05) is 19.1 Å². The van der Waals surface area contributed by atoms with E-state index in [1.54, 1.807) is 30.0 Å². The second-order valence-corrected chi connectivity index (χ2v) is 9.43. The van der Waals surface area contributed by atoms with Gasteiger partial charge >= 0.3 is 0 Å². The Balaban J connectivity index is 1.96. The molecular formula is C18H20N2O3S2. The smallest absolute Gasteiger partial charge is 0.261 e. The lowest BCUT2D eigenvalue weighted by atomic mass is 10.1. The predicted octanol–water partition coefficient (Wildman–Crippen LogP) is 3.93. The molecule has 0 bridgehead atoms. The van der Waals surface area contributed by atoms with Crippen LogP contribution < -0.4 is 10.0 Å². The Morgan fingerprint density at radius 2 is 1.92 bits per heavy atom. The topological polar surface area (TPSA) is 75.3 Å². The fourth-order valence-electron chi connectivity index (χ4n) is 2.65. The first-order chi connectivity index (χ1) is 11.7. The predicted molar refractivity (Wildman–Crippen MR) is 102 cm³/mol. The van der Waals surface area contributed by atoms with Gasteiger partial charge in [0.15, 0.2) is 0 Å². The zero-order valence-corrected chi connectivity index (χ0v) is 15.9. The quantitative estimate of drug-likeness (QED) is 0.851. The Labute approximate surface area is 152 Å². The van der Waals surface area contributed by atoms with Crippen molar-refractivity contribution in [3.05, 3.63) is 47.5 Å². The van der Waals surface area contributed by atoms with Crippen molar-refractivity contribution in [1.82, 2.24) is 0 Å². The Morgan fingerprint density at radius 1 is 1.16 bits per heavy atom. The summed E-state index contributed by atoms with van der Waals surface area (Å²) < 4.78 is 28.1. The minimum absolute atomic E-state index is 0.101.